The minimum absolute atomic E-state index is 0.0239. The van der Waals surface area contributed by atoms with Crippen molar-refractivity contribution in [2.24, 2.45) is 0 Å². The first-order chi connectivity index (χ1) is 12.4. The molecule has 9 heteroatoms. The van der Waals surface area contributed by atoms with E-state index >= 15 is 0 Å². The van der Waals surface area contributed by atoms with Crippen molar-refractivity contribution in [1.82, 2.24) is 9.21 Å². The van der Waals surface area contributed by atoms with E-state index in [1.54, 1.807) is 23.1 Å². The summed E-state index contributed by atoms with van der Waals surface area (Å²) in [6, 6.07) is 7.79. The molecule has 0 unspecified atom stereocenters. The van der Waals surface area contributed by atoms with Crippen LogP contribution < -0.4 is 0 Å². The van der Waals surface area contributed by atoms with Crippen LogP contribution >= 0.6 is 23.2 Å². The van der Waals surface area contributed by atoms with Crippen LogP contribution in [-0.2, 0) is 14.8 Å². The Morgan fingerprint density at radius 3 is 2.50 bits per heavy atom. The molecule has 1 saturated heterocycles. The molecule has 0 spiro atoms. The number of furan rings is 1. The molecule has 1 amide bonds. The maximum atomic E-state index is 12.8. The SMILES string of the molecule is O=C(C=Cc1ccco1)N1CCN(S(=O)(=O)c2cc(Cl)ccc2Cl)CC1. The number of hydrogen-bond donors (Lipinski definition) is 0. The third-order valence-electron chi connectivity index (χ3n) is 3.99. The fourth-order valence-electron chi connectivity index (χ4n) is 2.61. The van der Waals surface area contributed by atoms with Crippen molar-refractivity contribution in [3.8, 4) is 0 Å². The van der Waals surface area contributed by atoms with Crippen molar-refractivity contribution in [2.75, 3.05) is 26.2 Å². The van der Waals surface area contributed by atoms with Gasteiger partial charge in [-0.1, -0.05) is 23.2 Å². The molecule has 1 fully saturated rings. The Balaban J connectivity index is 1.66. The lowest BCUT2D eigenvalue weighted by Crippen LogP contribution is -2.50. The fourth-order valence-corrected chi connectivity index (χ4v) is 4.77. The summed E-state index contributed by atoms with van der Waals surface area (Å²) < 4.78 is 32.0. The van der Waals surface area contributed by atoms with Gasteiger partial charge in [0.25, 0.3) is 0 Å². The van der Waals surface area contributed by atoms with Crippen LogP contribution in [0.15, 0.2) is 52.0 Å². The van der Waals surface area contributed by atoms with Gasteiger partial charge in [-0.25, -0.2) is 8.42 Å². The maximum Gasteiger partial charge on any atom is 0.246 e. The Bertz CT molecular complexity index is 918. The lowest BCUT2D eigenvalue weighted by Gasteiger charge is -2.33. The second kappa shape index (κ2) is 7.84. The average Bonchev–Trinajstić information content (AvgIpc) is 3.15. The van der Waals surface area contributed by atoms with Gasteiger partial charge in [0.1, 0.15) is 10.7 Å². The van der Waals surface area contributed by atoms with Crippen LogP contribution in [0.25, 0.3) is 6.08 Å². The summed E-state index contributed by atoms with van der Waals surface area (Å²) in [6.45, 7) is 0.953. The summed E-state index contributed by atoms with van der Waals surface area (Å²) in [7, 11) is -3.77. The van der Waals surface area contributed by atoms with Crippen molar-refractivity contribution in [3.05, 3.63) is 58.5 Å². The van der Waals surface area contributed by atoms with E-state index < -0.39 is 10.0 Å². The molecular weight excluding hydrogens is 399 g/mol. The topological polar surface area (TPSA) is 70.8 Å². The quantitative estimate of drug-likeness (QED) is 0.720. The van der Waals surface area contributed by atoms with Gasteiger partial charge in [0.05, 0.1) is 11.3 Å². The number of amides is 1. The number of benzene rings is 1. The third kappa shape index (κ3) is 4.12. The normalized spacial score (nSPS) is 16.3. The van der Waals surface area contributed by atoms with E-state index in [1.807, 2.05) is 0 Å². The van der Waals surface area contributed by atoms with E-state index in [2.05, 4.69) is 0 Å². The molecule has 0 bridgehead atoms. The number of carbonyl (C=O) groups excluding carboxylic acids is 1. The Morgan fingerprint density at radius 2 is 1.85 bits per heavy atom. The van der Waals surface area contributed by atoms with Crippen molar-refractivity contribution < 1.29 is 17.6 Å². The Kier molecular flexibility index (Phi) is 5.72. The van der Waals surface area contributed by atoms with Gasteiger partial charge in [-0.15, -0.1) is 0 Å². The van der Waals surface area contributed by atoms with E-state index in [0.717, 1.165) is 0 Å². The zero-order chi connectivity index (χ0) is 18.7. The van der Waals surface area contributed by atoms with Gasteiger partial charge in [0.2, 0.25) is 15.9 Å². The summed E-state index contributed by atoms with van der Waals surface area (Å²) in [4.78, 5) is 13.8. The largest absolute Gasteiger partial charge is 0.465 e. The van der Waals surface area contributed by atoms with Crippen LogP contribution in [0.5, 0.6) is 0 Å². The van der Waals surface area contributed by atoms with Crippen molar-refractivity contribution in [2.45, 2.75) is 4.90 Å². The molecular formula is C17H16Cl2N2O4S. The summed E-state index contributed by atoms with van der Waals surface area (Å²) >= 11 is 11.9. The first-order valence-electron chi connectivity index (χ1n) is 7.83. The van der Waals surface area contributed by atoms with E-state index in [4.69, 9.17) is 27.6 Å². The standard InChI is InChI=1S/C17H16Cl2N2O4S/c18-13-3-5-15(19)16(12-13)26(23,24)21-9-7-20(8-10-21)17(22)6-4-14-2-1-11-25-14/h1-6,11-12H,7-10H2. The average molecular weight is 415 g/mol. The molecule has 0 atom stereocenters. The number of halogens is 2. The molecule has 0 saturated carbocycles. The number of piperazine rings is 1. The lowest BCUT2D eigenvalue weighted by molar-refractivity contribution is -0.127. The predicted molar refractivity (Wildman–Crippen MR) is 99.5 cm³/mol. The predicted octanol–water partition coefficient (Wildman–Crippen LogP) is 3.13. The van der Waals surface area contributed by atoms with Crippen LogP contribution in [-0.4, -0.2) is 49.7 Å². The zero-order valence-corrected chi connectivity index (χ0v) is 16.0. The molecule has 0 aliphatic carbocycles. The van der Waals surface area contributed by atoms with E-state index in [0.29, 0.717) is 23.9 Å². The van der Waals surface area contributed by atoms with Crippen molar-refractivity contribution in [1.29, 1.82) is 0 Å². The molecule has 1 aromatic carbocycles. The van der Waals surface area contributed by atoms with Gasteiger partial charge in [0.15, 0.2) is 0 Å². The van der Waals surface area contributed by atoms with Crippen LogP contribution in [0, 0.1) is 0 Å². The van der Waals surface area contributed by atoms with Crippen LogP contribution in [0.3, 0.4) is 0 Å². The molecule has 1 aromatic heterocycles. The number of nitrogens with zero attached hydrogens (tertiary/aromatic N) is 2. The van der Waals surface area contributed by atoms with Crippen LogP contribution in [0.1, 0.15) is 5.76 Å². The number of sulfonamides is 1. The summed E-state index contributed by atoms with van der Waals surface area (Å²) in [5.41, 5.74) is 0. The molecule has 2 heterocycles. The van der Waals surface area contributed by atoms with Crippen molar-refractivity contribution >= 4 is 45.2 Å². The number of carbonyl (C=O) groups is 1. The highest BCUT2D eigenvalue weighted by atomic mass is 35.5. The minimum Gasteiger partial charge on any atom is -0.465 e. The Labute approximate surface area is 161 Å². The first-order valence-corrected chi connectivity index (χ1v) is 10.0. The highest BCUT2D eigenvalue weighted by Gasteiger charge is 2.31. The third-order valence-corrected chi connectivity index (χ3v) is 6.61. The zero-order valence-electron chi connectivity index (χ0n) is 13.6. The van der Waals surface area contributed by atoms with Crippen LogP contribution in [0.4, 0.5) is 0 Å². The monoisotopic (exact) mass is 414 g/mol. The molecule has 3 rings (SSSR count). The second-order valence-electron chi connectivity index (χ2n) is 5.65. The smallest absolute Gasteiger partial charge is 0.246 e. The van der Waals surface area contributed by atoms with Gasteiger partial charge in [-0.05, 0) is 36.4 Å². The fraction of sp³-hybridized carbons (Fsp3) is 0.235. The number of rotatable bonds is 4. The molecule has 0 N–H and O–H groups in total. The molecule has 138 valence electrons. The summed E-state index contributed by atoms with van der Waals surface area (Å²) in [5, 5.41) is 0.416. The first kappa shape index (κ1) is 19.0. The van der Waals surface area contributed by atoms with Gasteiger partial charge in [0, 0.05) is 37.3 Å². The van der Waals surface area contributed by atoms with Gasteiger partial charge >= 0.3 is 0 Å². The molecule has 0 radical (unpaired) electrons. The Hall–Kier alpha value is -1.80. The van der Waals surface area contributed by atoms with E-state index in [1.165, 1.54) is 34.8 Å². The molecule has 26 heavy (non-hydrogen) atoms. The molecule has 2 aromatic rings. The van der Waals surface area contributed by atoms with Crippen LogP contribution in [0.2, 0.25) is 10.0 Å². The summed E-state index contributed by atoms with van der Waals surface area (Å²) in [6.07, 6.45) is 4.52. The Morgan fingerprint density at radius 1 is 1.12 bits per heavy atom. The van der Waals surface area contributed by atoms with Gasteiger partial charge in [-0.2, -0.15) is 4.31 Å². The summed E-state index contributed by atoms with van der Waals surface area (Å²) in [5.74, 6) is 0.384. The molecule has 1 aliphatic rings. The maximum absolute atomic E-state index is 12.8. The highest BCUT2D eigenvalue weighted by molar-refractivity contribution is 7.89. The highest BCUT2D eigenvalue weighted by Crippen LogP contribution is 2.28. The lowest BCUT2D eigenvalue weighted by atomic mass is 10.3. The molecule has 1 aliphatic heterocycles. The molecule has 6 nitrogen and oxygen atoms in total. The minimum atomic E-state index is -3.77. The van der Waals surface area contributed by atoms with Gasteiger partial charge < -0.3 is 9.32 Å². The van der Waals surface area contributed by atoms with E-state index in [9.17, 15) is 13.2 Å². The second-order valence-corrected chi connectivity index (χ2v) is 8.40. The van der Waals surface area contributed by atoms with Gasteiger partial charge in [-0.3, -0.25) is 4.79 Å². The van der Waals surface area contributed by atoms with E-state index in [-0.39, 0.29) is 28.9 Å². The van der Waals surface area contributed by atoms with Crippen molar-refractivity contribution in [3.63, 3.8) is 0 Å². The number of hydrogen-bond acceptors (Lipinski definition) is 4.